The van der Waals surface area contributed by atoms with E-state index in [-0.39, 0.29) is 41.6 Å². The predicted molar refractivity (Wildman–Crippen MR) is 104 cm³/mol. The molecule has 0 spiro atoms. The lowest BCUT2D eigenvalue weighted by atomic mass is 9.98. The van der Waals surface area contributed by atoms with Crippen LogP contribution in [0.25, 0.3) is 10.9 Å². The van der Waals surface area contributed by atoms with E-state index in [0.29, 0.717) is 27.7 Å². The number of hydrogen-bond acceptors (Lipinski definition) is 5. The Bertz CT molecular complexity index is 1240. The van der Waals surface area contributed by atoms with Gasteiger partial charge in [0.1, 0.15) is 5.71 Å². The molecular formula is C22H14N2O4. The van der Waals surface area contributed by atoms with Gasteiger partial charge in [0.05, 0.1) is 16.8 Å². The van der Waals surface area contributed by atoms with Gasteiger partial charge in [-0.25, -0.2) is 4.99 Å². The van der Waals surface area contributed by atoms with Crippen LogP contribution in [0.4, 0.5) is 5.69 Å². The van der Waals surface area contributed by atoms with Gasteiger partial charge >= 0.3 is 0 Å². The van der Waals surface area contributed by atoms with Crippen molar-refractivity contribution in [1.82, 2.24) is 4.98 Å². The molecule has 1 aliphatic heterocycles. The van der Waals surface area contributed by atoms with Crippen LogP contribution in [0.3, 0.4) is 0 Å². The Labute approximate surface area is 159 Å². The first-order valence-corrected chi connectivity index (χ1v) is 8.59. The number of ketones is 3. The molecule has 6 heteroatoms. The Morgan fingerprint density at radius 3 is 2.71 bits per heavy atom. The van der Waals surface area contributed by atoms with Gasteiger partial charge < -0.3 is 10.1 Å². The third-order valence-corrected chi connectivity index (χ3v) is 4.67. The molecule has 2 aromatic carbocycles. The lowest BCUT2D eigenvalue weighted by Crippen LogP contribution is -2.11. The average molecular weight is 370 g/mol. The number of H-pyrrole nitrogens is 1. The molecule has 0 radical (unpaired) electrons. The van der Waals surface area contributed by atoms with Crippen LogP contribution in [0.5, 0.6) is 5.88 Å². The number of nitrogens with one attached hydrogen (secondary N) is 1. The van der Waals surface area contributed by atoms with E-state index in [1.54, 1.807) is 30.3 Å². The van der Waals surface area contributed by atoms with E-state index >= 15 is 0 Å². The smallest absolute Gasteiger partial charge is 0.214 e. The third kappa shape index (κ3) is 2.79. The highest BCUT2D eigenvalue weighted by Gasteiger charge is 2.30. The van der Waals surface area contributed by atoms with E-state index < -0.39 is 5.78 Å². The van der Waals surface area contributed by atoms with Gasteiger partial charge in [-0.15, -0.1) is 6.42 Å². The number of para-hydroxylation sites is 1. The average Bonchev–Trinajstić information content (AvgIpc) is 3.21. The van der Waals surface area contributed by atoms with Crippen LogP contribution in [0, 0.1) is 12.3 Å². The first-order chi connectivity index (χ1) is 13.5. The summed E-state index contributed by atoms with van der Waals surface area (Å²) in [6, 6.07) is 11.8. The zero-order valence-electron chi connectivity index (χ0n) is 14.7. The van der Waals surface area contributed by atoms with Crippen molar-refractivity contribution in [2.24, 2.45) is 4.99 Å². The van der Waals surface area contributed by atoms with Gasteiger partial charge in [-0.3, -0.25) is 14.4 Å². The van der Waals surface area contributed by atoms with E-state index in [4.69, 9.17) is 6.42 Å². The highest BCUT2D eigenvalue weighted by molar-refractivity contribution is 6.56. The number of hydrogen-bond donors (Lipinski definition) is 2. The number of fused-ring (bicyclic) bond motifs is 2. The topological polar surface area (TPSA) is 99.6 Å². The number of aromatic hydroxyl groups is 1. The number of aromatic amines is 1. The van der Waals surface area contributed by atoms with E-state index in [2.05, 4.69) is 9.98 Å². The van der Waals surface area contributed by atoms with Crippen LogP contribution in [0.1, 0.15) is 39.1 Å². The molecule has 0 bridgehead atoms. The highest BCUT2D eigenvalue weighted by atomic mass is 16.3. The van der Waals surface area contributed by atoms with Crippen LogP contribution >= 0.6 is 0 Å². The molecule has 136 valence electrons. The van der Waals surface area contributed by atoms with Crippen molar-refractivity contribution >= 4 is 39.7 Å². The second kappa shape index (κ2) is 6.63. The minimum atomic E-state index is -0.439. The number of carbonyl (C=O) groups excluding carboxylic acids is 3. The van der Waals surface area contributed by atoms with Gasteiger partial charge in [0, 0.05) is 29.3 Å². The number of carbonyl (C=O) groups is 3. The molecule has 0 aliphatic carbocycles. The standard InChI is InChI=1S/C22H14N2O4/c1-2-13(25)8-10-18(26)12-7-9-17-15(11-12)21(27)20(23-17)19-14-5-3-4-6-16(14)24-22(19)28/h1,3-7,9,11,24,28H,8,10H2. The molecule has 2 N–H and O–H groups in total. The molecule has 4 rings (SSSR count). The number of benzene rings is 2. The van der Waals surface area contributed by atoms with Crippen molar-refractivity contribution in [3.8, 4) is 18.2 Å². The molecule has 3 aromatic rings. The fraction of sp³-hybridized carbons (Fsp3) is 0.0909. The van der Waals surface area contributed by atoms with Crippen LogP contribution in [0.2, 0.25) is 0 Å². The number of rotatable bonds is 5. The summed E-state index contributed by atoms with van der Waals surface area (Å²) in [5, 5.41) is 11.0. The largest absolute Gasteiger partial charge is 0.494 e. The maximum atomic E-state index is 12.9. The molecular weight excluding hydrogens is 356 g/mol. The first-order valence-electron chi connectivity index (χ1n) is 8.59. The molecule has 2 heterocycles. The fourth-order valence-electron chi connectivity index (χ4n) is 3.27. The molecule has 0 amide bonds. The molecule has 0 unspecified atom stereocenters. The van der Waals surface area contributed by atoms with Gasteiger partial charge in [0.15, 0.2) is 11.7 Å². The molecule has 28 heavy (non-hydrogen) atoms. The Morgan fingerprint density at radius 1 is 1.14 bits per heavy atom. The van der Waals surface area contributed by atoms with Crippen LogP contribution in [-0.2, 0) is 4.79 Å². The van der Waals surface area contributed by atoms with E-state index in [1.165, 1.54) is 6.07 Å². The van der Waals surface area contributed by atoms with Crippen LogP contribution in [-0.4, -0.2) is 33.2 Å². The van der Waals surface area contributed by atoms with Crippen LogP contribution < -0.4 is 0 Å². The summed E-state index contributed by atoms with van der Waals surface area (Å²) in [6.07, 6.45) is 4.95. The minimum Gasteiger partial charge on any atom is -0.494 e. The molecule has 0 fully saturated rings. The van der Waals surface area contributed by atoms with E-state index in [0.717, 1.165) is 0 Å². The zero-order valence-corrected chi connectivity index (χ0v) is 14.7. The van der Waals surface area contributed by atoms with Crippen molar-refractivity contribution in [2.45, 2.75) is 12.8 Å². The van der Waals surface area contributed by atoms with Gasteiger partial charge in [0.25, 0.3) is 0 Å². The van der Waals surface area contributed by atoms with Crippen molar-refractivity contribution < 1.29 is 19.5 Å². The maximum Gasteiger partial charge on any atom is 0.214 e. The molecule has 1 aliphatic rings. The summed E-state index contributed by atoms with van der Waals surface area (Å²) in [5.74, 6) is 0.752. The van der Waals surface area contributed by atoms with Crippen molar-refractivity contribution in [1.29, 1.82) is 0 Å². The van der Waals surface area contributed by atoms with Crippen LogP contribution in [0.15, 0.2) is 47.5 Å². The van der Waals surface area contributed by atoms with Crippen molar-refractivity contribution in [3.05, 3.63) is 59.2 Å². The minimum absolute atomic E-state index is 0.0209. The number of Topliss-reactive ketones (excluding diaryl/α,β-unsaturated/α-hetero) is 3. The summed E-state index contributed by atoms with van der Waals surface area (Å²) in [6.45, 7) is 0. The summed E-state index contributed by atoms with van der Waals surface area (Å²) in [4.78, 5) is 43.6. The lowest BCUT2D eigenvalue weighted by molar-refractivity contribution is -0.113. The second-order valence-corrected chi connectivity index (χ2v) is 6.41. The van der Waals surface area contributed by atoms with Gasteiger partial charge in [-0.1, -0.05) is 18.2 Å². The summed E-state index contributed by atoms with van der Waals surface area (Å²) >= 11 is 0. The van der Waals surface area contributed by atoms with Crippen molar-refractivity contribution in [3.63, 3.8) is 0 Å². The Hall–Kier alpha value is -3.98. The Balaban J connectivity index is 1.67. The van der Waals surface area contributed by atoms with E-state index in [1.807, 2.05) is 12.0 Å². The number of terminal acetylenes is 1. The zero-order chi connectivity index (χ0) is 19.8. The first kappa shape index (κ1) is 17.4. The molecule has 0 saturated heterocycles. The summed E-state index contributed by atoms with van der Waals surface area (Å²) in [5.41, 5.74) is 2.18. The number of aromatic nitrogens is 1. The van der Waals surface area contributed by atoms with Gasteiger partial charge in [-0.05, 0) is 30.2 Å². The normalized spacial score (nSPS) is 12.5. The monoisotopic (exact) mass is 370 g/mol. The van der Waals surface area contributed by atoms with Gasteiger partial charge in [0.2, 0.25) is 11.6 Å². The lowest BCUT2D eigenvalue weighted by Gasteiger charge is -2.02. The summed E-state index contributed by atoms with van der Waals surface area (Å²) in [7, 11) is 0. The second-order valence-electron chi connectivity index (χ2n) is 6.41. The van der Waals surface area contributed by atoms with Gasteiger partial charge in [-0.2, -0.15) is 0 Å². The highest BCUT2D eigenvalue weighted by Crippen LogP contribution is 2.35. The molecule has 0 saturated carbocycles. The molecule has 0 atom stereocenters. The number of aliphatic imine (C=N–C) groups is 1. The van der Waals surface area contributed by atoms with Crippen molar-refractivity contribution in [2.75, 3.05) is 0 Å². The third-order valence-electron chi connectivity index (χ3n) is 4.67. The Morgan fingerprint density at radius 2 is 1.93 bits per heavy atom. The molecule has 6 nitrogen and oxygen atoms in total. The SMILES string of the molecule is C#CC(=O)CCC(=O)c1ccc2c(c1)C(=O)C(c1c(O)[nH]c3ccccc13)=N2. The van der Waals surface area contributed by atoms with E-state index in [9.17, 15) is 19.5 Å². The number of nitrogens with zero attached hydrogens (tertiary/aromatic N) is 1. The Kier molecular flexibility index (Phi) is 4.13. The molecule has 1 aromatic heterocycles. The fourth-order valence-corrected chi connectivity index (χ4v) is 3.27. The summed E-state index contributed by atoms with van der Waals surface area (Å²) < 4.78 is 0. The predicted octanol–water partition coefficient (Wildman–Crippen LogP) is 3.36. The maximum absolute atomic E-state index is 12.9. The quantitative estimate of drug-likeness (QED) is 0.409.